The number of isocyanates is 1. The number of hydrogen-bond acceptors (Lipinski definition) is 6. The van der Waals surface area contributed by atoms with E-state index in [1.807, 2.05) is 0 Å². The summed E-state index contributed by atoms with van der Waals surface area (Å²) in [6.07, 6.45) is 4.38. The maximum atomic E-state index is 11.4. The highest BCUT2D eigenvalue weighted by molar-refractivity contribution is 5.69. The van der Waals surface area contributed by atoms with Crippen LogP contribution in [-0.2, 0) is 19.1 Å². The first-order valence-electron chi connectivity index (χ1n) is 7.23. The molecule has 0 bridgehead atoms. The number of amides is 1. The van der Waals surface area contributed by atoms with Gasteiger partial charge in [-0.05, 0) is 19.8 Å². The number of esters is 1. The van der Waals surface area contributed by atoms with E-state index in [1.165, 1.54) is 6.08 Å². The summed E-state index contributed by atoms with van der Waals surface area (Å²) < 4.78 is 9.88. The Kier molecular flexibility index (Phi) is 11.9. The minimum Gasteiger partial charge on any atom is -0.462 e. The van der Waals surface area contributed by atoms with Gasteiger partial charge in [0.25, 0.3) is 0 Å². The number of rotatable bonds is 11. The summed E-state index contributed by atoms with van der Waals surface area (Å²) in [6, 6.07) is 0. The first-order chi connectivity index (χ1) is 10.1. The molecule has 1 amide bonds. The molecule has 0 aliphatic rings. The number of nitrogens with zero attached hydrogens (tertiary/aromatic N) is 1. The smallest absolute Gasteiger partial charge is 0.407 e. The Morgan fingerprint density at radius 1 is 1.24 bits per heavy atom. The van der Waals surface area contributed by atoms with Gasteiger partial charge in [0, 0.05) is 13.0 Å². The molecule has 0 aromatic heterocycles. The van der Waals surface area contributed by atoms with Gasteiger partial charge in [-0.2, -0.15) is 0 Å². The molecule has 0 aliphatic heterocycles. The van der Waals surface area contributed by atoms with Crippen molar-refractivity contribution in [2.75, 3.05) is 19.7 Å². The molecule has 120 valence electrons. The summed E-state index contributed by atoms with van der Waals surface area (Å²) in [5.41, 5.74) is 0. The van der Waals surface area contributed by atoms with Crippen LogP contribution in [0.1, 0.15) is 46.0 Å². The van der Waals surface area contributed by atoms with Crippen molar-refractivity contribution in [1.29, 1.82) is 0 Å². The Balaban J connectivity index is 3.48. The molecule has 1 N–H and O–H groups in total. The fourth-order valence-corrected chi connectivity index (χ4v) is 1.48. The van der Waals surface area contributed by atoms with Crippen LogP contribution >= 0.6 is 0 Å². The number of ether oxygens (including phenoxy) is 2. The van der Waals surface area contributed by atoms with Crippen molar-refractivity contribution < 1.29 is 23.9 Å². The van der Waals surface area contributed by atoms with Gasteiger partial charge in [-0.1, -0.05) is 19.8 Å². The lowest BCUT2D eigenvalue weighted by atomic mass is 10.2. The lowest BCUT2D eigenvalue weighted by Gasteiger charge is -2.13. The molecule has 0 fully saturated rings. The zero-order valence-corrected chi connectivity index (χ0v) is 12.7. The Labute approximate surface area is 125 Å². The minimum absolute atomic E-state index is 0.0668. The van der Waals surface area contributed by atoms with Crippen molar-refractivity contribution in [3.05, 3.63) is 0 Å². The second-order valence-electron chi connectivity index (χ2n) is 4.57. The summed E-state index contributed by atoms with van der Waals surface area (Å²) >= 11 is 0. The van der Waals surface area contributed by atoms with Crippen LogP contribution in [-0.4, -0.2) is 43.9 Å². The third kappa shape index (κ3) is 12.9. The summed E-state index contributed by atoms with van der Waals surface area (Å²) in [5, 5.41) is 2.63. The molecular formula is C14H24N2O5. The van der Waals surface area contributed by atoms with Crippen LogP contribution in [0.2, 0.25) is 0 Å². The lowest BCUT2D eigenvalue weighted by molar-refractivity contribution is -0.145. The third-order valence-corrected chi connectivity index (χ3v) is 2.61. The normalized spacial score (nSPS) is 11.1. The van der Waals surface area contributed by atoms with Gasteiger partial charge in [-0.3, -0.25) is 4.79 Å². The van der Waals surface area contributed by atoms with Crippen LogP contribution in [0.25, 0.3) is 0 Å². The summed E-state index contributed by atoms with van der Waals surface area (Å²) in [7, 11) is 0. The highest BCUT2D eigenvalue weighted by atomic mass is 16.6. The lowest BCUT2D eigenvalue weighted by Crippen LogP contribution is -2.31. The maximum Gasteiger partial charge on any atom is 0.407 e. The molecule has 0 heterocycles. The average molecular weight is 300 g/mol. The molecule has 0 radical (unpaired) electrons. The summed E-state index contributed by atoms with van der Waals surface area (Å²) in [4.78, 5) is 35.6. The van der Waals surface area contributed by atoms with Crippen molar-refractivity contribution in [1.82, 2.24) is 5.32 Å². The Morgan fingerprint density at radius 2 is 1.95 bits per heavy atom. The van der Waals surface area contributed by atoms with Crippen molar-refractivity contribution >= 4 is 18.1 Å². The quantitative estimate of drug-likeness (QED) is 0.272. The van der Waals surface area contributed by atoms with Crippen molar-refractivity contribution in [3.63, 3.8) is 0 Å². The second kappa shape index (κ2) is 13.1. The topological polar surface area (TPSA) is 94.1 Å². The van der Waals surface area contributed by atoms with E-state index in [0.29, 0.717) is 19.5 Å². The third-order valence-electron chi connectivity index (χ3n) is 2.61. The van der Waals surface area contributed by atoms with Crippen molar-refractivity contribution in [2.24, 2.45) is 4.99 Å². The van der Waals surface area contributed by atoms with Gasteiger partial charge in [-0.25, -0.2) is 14.6 Å². The van der Waals surface area contributed by atoms with Crippen LogP contribution in [0.5, 0.6) is 0 Å². The highest BCUT2D eigenvalue weighted by Gasteiger charge is 2.10. The van der Waals surface area contributed by atoms with E-state index in [1.54, 1.807) is 13.8 Å². The number of unbranched alkanes of at least 4 members (excludes halogenated alkanes) is 3. The zero-order valence-electron chi connectivity index (χ0n) is 12.7. The molecule has 1 atom stereocenters. The van der Waals surface area contributed by atoms with E-state index in [9.17, 15) is 14.4 Å². The van der Waals surface area contributed by atoms with Crippen LogP contribution in [0.4, 0.5) is 4.79 Å². The second-order valence-corrected chi connectivity index (χ2v) is 4.57. The number of carbonyl (C=O) groups is 2. The van der Waals surface area contributed by atoms with Gasteiger partial charge in [0.1, 0.15) is 12.7 Å². The van der Waals surface area contributed by atoms with E-state index >= 15 is 0 Å². The fourth-order valence-electron chi connectivity index (χ4n) is 1.48. The number of aliphatic imine (C=N–C) groups is 1. The van der Waals surface area contributed by atoms with Gasteiger partial charge in [0.05, 0.1) is 6.54 Å². The molecule has 7 nitrogen and oxygen atoms in total. The Hall–Kier alpha value is -1.88. The number of nitrogens with one attached hydrogen (secondary N) is 1. The monoisotopic (exact) mass is 300 g/mol. The average Bonchev–Trinajstić information content (AvgIpc) is 2.47. The molecule has 0 rings (SSSR count). The summed E-state index contributed by atoms with van der Waals surface area (Å²) in [5.74, 6) is -0.315. The van der Waals surface area contributed by atoms with Gasteiger partial charge >= 0.3 is 12.1 Å². The number of hydrogen-bond donors (Lipinski definition) is 1. The van der Waals surface area contributed by atoms with E-state index in [4.69, 9.17) is 9.47 Å². The predicted molar refractivity (Wildman–Crippen MR) is 76.7 cm³/mol. The number of alkyl carbamates (subject to hydrolysis) is 1. The molecule has 0 saturated heterocycles. The fraction of sp³-hybridized carbons (Fsp3) is 0.786. The minimum atomic E-state index is -0.513. The molecule has 0 aliphatic carbocycles. The SMILES string of the molecule is CCC(=O)OCC(C)OC(=O)NCCCCCCN=C=O. The van der Waals surface area contributed by atoms with Crippen molar-refractivity contribution in [2.45, 2.75) is 52.1 Å². The first kappa shape index (κ1) is 19.1. The molecule has 0 aromatic carbocycles. The number of carbonyl (C=O) groups excluding carboxylic acids is 3. The van der Waals surface area contributed by atoms with Gasteiger partial charge in [-0.15, -0.1) is 0 Å². The largest absolute Gasteiger partial charge is 0.462 e. The first-order valence-corrected chi connectivity index (χ1v) is 7.23. The maximum absolute atomic E-state index is 11.4. The highest BCUT2D eigenvalue weighted by Crippen LogP contribution is 1.99. The van der Waals surface area contributed by atoms with E-state index in [-0.39, 0.29) is 12.6 Å². The molecule has 7 heteroatoms. The standard InChI is InChI=1S/C14H24N2O5/c1-3-13(18)20-10-12(2)21-14(19)16-9-7-5-4-6-8-15-11-17/h12H,3-10H2,1-2H3,(H,16,19). The van der Waals surface area contributed by atoms with E-state index < -0.39 is 12.2 Å². The van der Waals surface area contributed by atoms with E-state index in [2.05, 4.69) is 10.3 Å². The van der Waals surface area contributed by atoms with E-state index in [0.717, 1.165) is 25.7 Å². The van der Waals surface area contributed by atoms with Crippen LogP contribution in [0, 0.1) is 0 Å². The van der Waals surface area contributed by atoms with Crippen LogP contribution in [0.15, 0.2) is 4.99 Å². The van der Waals surface area contributed by atoms with Gasteiger partial charge in [0.2, 0.25) is 6.08 Å². The Bertz CT molecular complexity index is 353. The predicted octanol–water partition coefficient (Wildman–Crippen LogP) is 1.95. The van der Waals surface area contributed by atoms with Crippen LogP contribution < -0.4 is 5.32 Å². The molecule has 0 spiro atoms. The van der Waals surface area contributed by atoms with Gasteiger partial charge in [0.15, 0.2) is 0 Å². The Morgan fingerprint density at radius 3 is 2.62 bits per heavy atom. The molecule has 21 heavy (non-hydrogen) atoms. The summed E-state index contributed by atoms with van der Waals surface area (Å²) in [6.45, 7) is 4.46. The molecular weight excluding hydrogens is 276 g/mol. The molecule has 1 unspecified atom stereocenters. The van der Waals surface area contributed by atoms with Gasteiger partial charge < -0.3 is 14.8 Å². The zero-order chi connectivity index (χ0) is 15.9. The molecule has 0 saturated carbocycles. The van der Waals surface area contributed by atoms with Crippen molar-refractivity contribution in [3.8, 4) is 0 Å². The molecule has 0 aromatic rings. The van der Waals surface area contributed by atoms with Crippen LogP contribution in [0.3, 0.4) is 0 Å².